The van der Waals surface area contributed by atoms with Crippen LogP contribution in [0.15, 0.2) is 10.5 Å². The molecular formula is C12H17NO5S. The highest BCUT2D eigenvalue weighted by molar-refractivity contribution is 7.91. The maximum atomic E-state index is 11.3. The molecular weight excluding hydrogens is 270 g/mol. The molecule has 0 radical (unpaired) electrons. The molecule has 0 amide bonds. The quantitative estimate of drug-likeness (QED) is 0.856. The van der Waals surface area contributed by atoms with Gasteiger partial charge in [-0.05, 0) is 25.8 Å². The van der Waals surface area contributed by atoms with E-state index in [0.29, 0.717) is 30.7 Å². The molecule has 1 aromatic heterocycles. The lowest BCUT2D eigenvalue weighted by molar-refractivity contribution is 0.0659. The van der Waals surface area contributed by atoms with Crippen LogP contribution in [-0.4, -0.2) is 37.0 Å². The van der Waals surface area contributed by atoms with Gasteiger partial charge in [0, 0.05) is 11.6 Å². The van der Waals surface area contributed by atoms with E-state index < -0.39 is 15.8 Å². The zero-order valence-corrected chi connectivity index (χ0v) is 11.5. The van der Waals surface area contributed by atoms with Crippen LogP contribution in [0.5, 0.6) is 0 Å². The van der Waals surface area contributed by atoms with Gasteiger partial charge in [0.25, 0.3) is 0 Å². The Morgan fingerprint density at radius 3 is 2.63 bits per heavy atom. The van der Waals surface area contributed by atoms with Crippen LogP contribution in [0.3, 0.4) is 0 Å². The third-order valence-corrected chi connectivity index (χ3v) is 5.00. The van der Waals surface area contributed by atoms with Crippen LogP contribution in [0.25, 0.3) is 0 Å². The first kappa shape index (κ1) is 14.1. The van der Waals surface area contributed by atoms with Crippen molar-refractivity contribution >= 4 is 15.8 Å². The van der Waals surface area contributed by atoms with E-state index in [-0.39, 0.29) is 23.3 Å². The molecule has 2 rings (SSSR count). The standard InChI is InChI=1S/C12H17NO5S/c1-8-6-10(18-11(8)12(14)15)7-13-9-2-4-19(16,17)5-3-9/h6,9,13H,2-5,7H2,1H3,(H,14,15). The fourth-order valence-corrected chi connectivity index (χ4v) is 3.68. The summed E-state index contributed by atoms with van der Waals surface area (Å²) in [6.07, 6.45) is 1.18. The normalized spacial score (nSPS) is 19.4. The topological polar surface area (TPSA) is 96.6 Å². The predicted octanol–water partition coefficient (Wildman–Crippen LogP) is 0.953. The van der Waals surface area contributed by atoms with E-state index in [4.69, 9.17) is 9.52 Å². The lowest BCUT2D eigenvalue weighted by Crippen LogP contribution is -2.37. The Balaban J connectivity index is 1.89. The first-order valence-electron chi connectivity index (χ1n) is 6.14. The van der Waals surface area contributed by atoms with Crippen LogP contribution in [0, 0.1) is 6.92 Å². The van der Waals surface area contributed by atoms with Crippen molar-refractivity contribution in [1.82, 2.24) is 5.32 Å². The molecule has 6 nitrogen and oxygen atoms in total. The van der Waals surface area contributed by atoms with Gasteiger partial charge in [0.1, 0.15) is 15.6 Å². The number of sulfone groups is 1. The molecule has 0 saturated carbocycles. The largest absolute Gasteiger partial charge is 0.475 e. The number of carbonyl (C=O) groups is 1. The second-order valence-electron chi connectivity index (χ2n) is 4.84. The van der Waals surface area contributed by atoms with Crippen molar-refractivity contribution in [3.63, 3.8) is 0 Å². The van der Waals surface area contributed by atoms with Crippen molar-refractivity contribution in [2.24, 2.45) is 0 Å². The predicted molar refractivity (Wildman–Crippen MR) is 68.9 cm³/mol. The fraction of sp³-hybridized carbons (Fsp3) is 0.583. The van der Waals surface area contributed by atoms with Crippen molar-refractivity contribution < 1.29 is 22.7 Å². The van der Waals surface area contributed by atoms with Crippen LogP contribution in [0.2, 0.25) is 0 Å². The average Bonchev–Trinajstić information content (AvgIpc) is 2.69. The van der Waals surface area contributed by atoms with Gasteiger partial charge >= 0.3 is 5.97 Å². The molecule has 2 heterocycles. The zero-order chi connectivity index (χ0) is 14.0. The van der Waals surface area contributed by atoms with E-state index in [1.54, 1.807) is 13.0 Å². The molecule has 1 saturated heterocycles. The maximum absolute atomic E-state index is 11.3. The van der Waals surface area contributed by atoms with E-state index >= 15 is 0 Å². The monoisotopic (exact) mass is 287 g/mol. The van der Waals surface area contributed by atoms with Gasteiger partial charge in [0.15, 0.2) is 0 Å². The minimum absolute atomic E-state index is 0.0389. The Morgan fingerprint density at radius 2 is 2.11 bits per heavy atom. The fourth-order valence-electron chi connectivity index (χ4n) is 2.19. The number of furan rings is 1. The van der Waals surface area contributed by atoms with E-state index in [1.807, 2.05) is 0 Å². The Bertz CT molecular complexity index is 561. The molecule has 0 aromatic carbocycles. The molecule has 1 aliphatic heterocycles. The summed E-state index contributed by atoms with van der Waals surface area (Å²) in [6, 6.07) is 1.83. The number of aromatic carboxylic acids is 1. The number of hydrogen-bond acceptors (Lipinski definition) is 5. The summed E-state index contributed by atoms with van der Waals surface area (Å²) in [5.74, 6) is -0.136. The lowest BCUT2D eigenvalue weighted by Gasteiger charge is -2.22. The number of carboxylic acid groups (broad SMARTS) is 1. The lowest BCUT2D eigenvalue weighted by atomic mass is 10.1. The van der Waals surface area contributed by atoms with Gasteiger partial charge in [-0.1, -0.05) is 0 Å². The molecule has 0 spiro atoms. The van der Waals surface area contributed by atoms with Crippen LogP contribution in [0.4, 0.5) is 0 Å². The van der Waals surface area contributed by atoms with Gasteiger partial charge in [-0.25, -0.2) is 13.2 Å². The molecule has 19 heavy (non-hydrogen) atoms. The number of rotatable bonds is 4. The molecule has 1 aromatic rings. The van der Waals surface area contributed by atoms with Crippen LogP contribution >= 0.6 is 0 Å². The van der Waals surface area contributed by atoms with Crippen molar-refractivity contribution in [2.75, 3.05) is 11.5 Å². The molecule has 0 aliphatic carbocycles. The zero-order valence-electron chi connectivity index (χ0n) is 10.7. The minimum Gasteiger partial charge on any atom is -0.475 e. The Morgan fingerprint density at radius 1 is 1.47 bits per heavy atom. The summed E-state index contributed by atoms with van der Waals surface area (Å²) < 4.78 is 27.8. The molecule has 0 atom stereocenters. The van der Waals surface area contributed by atoms with Gasteiger partial charge in [-0.15, -0.1) is 0 Å². The molecule has 0 bridgehead atoms. The summed E-state index contributed by atoms with van der Waals surface area (Å²) >= 11 is 0. The Labute approximate surface area is 111 Å². The van der Waals surface area contributed by atoms with Crippen LogP contribution in [-0.2, 0) is 16.4 Å². The van der Waals surface area contributed by atoms with Gasteiger partial charge < -0.3 is 14.8 Å². The molecule has 106 valence electrons. The van der Waals surface area contributed by atoms with E-state index in [9.17, 15) is 13.2 Å². The maximum Gasteiger partial charge on any atom is 0.372 e. The molecule has 7 heteroatoms. The van der Waals surface area contributed by atoms with Crippen LogP contribution in [0.1, 0.15) is 34.7 Å². The summed E-state index contributed by atoms with van der Waals surface area (Å²) in [5, 5.41) is 12.1. The smallest absolute Gasteiger partial charge is 0.372 e. The average molecular weight is 287 g/mol. The van der Waals surface area contributed by atoms with E-state index in [1.165, 1.54) is 0 Å². The van der Waals surface area contributed by atoms with Crippen LogP contribution < -0.4 is 5.32 Å². The molecule has 2 N–H and O–H groups in total. The number of carboxylic acids is 1. The van der Waals surface area contributed by atoms with Gasteiger partial charge in [0.2, 0.25) is 5.76 Å². The minimum atomic E-state index is -2.85. The first-order valence-corrected chi connectivity index (χ1v) is 7.96. The van der Waals surface area contributed by atoms with Gasteiger partial charge in [-0.2, -0.15) is 0 Å². The summed E-state index contributed by atoms with van der Waals surface area (Å²) in [6.45, 7) is 2.10. The highest BCUT2D eigenvalue weighted by Gasteiger charge is 2.23. The third-order valence-electron chi connectivity index (χ3n) is 3.28. The summed E-state index contributed by atoms with van der Waals surface area (Å²) in [7, 11) is -2.85. The number of hydrogen-bond donors (Lipinski definition) is 2. The SMILES string of the molecule is Cc1cc(CNC2CCS(=O)(=O)CC2)oc1C(=O)O. The van der Waals surface area contributed by atoms with Gasteiger partial charge in [0.05, 0.1) is 18.1 Å². The first-order chi connectivity index (χ1) is 8.87. The summed E-state index contributed by atoms with van der Waals surface area (Å²) in [4.78, 5) is 10.8. The van der Waals surface area contributed by atoms with E-state index in [0.717, 1.165) is 0 Å². The third kappa shape index (κ3) is 3.57. The number of nitrogens with one attached hydrogen (secondary N) is 1. The Hall–Kier alpha value is -1.34. The molecule has 0 unspecified atom stereocenters. The van der Waals surface area contributed by atoms with Gasteiger partial charge in [-0.3, -0.25) is 0 Å². The van der Waals surface area contributed by atoms with Crippen molar-refractivity contribution in [3.8, 4) is 0 Å². The molecule has 1 fully saturated rings. The Kier molecular flexibility index (Phi) is 3.96. The van der Waals surface area contributed by atoms with E-state index in [2.05, 4.69) is 5.32 Å². The van der Waals surface area contributed by atoms with Crippen molar-refractivity contribution in [1.29, 1.82) is 0 Å². The summed E-state index contributed by atoms with van der Waals surface area (Å²) in [5.41, 5.74) is 0.593. The molecule has 1 aliphatic rings. The number of aryl methyl sites for hydroxylation is 1. The second kappa shape index (κ2) is 5.34. The second-order valence-corrected chi connectivity index (χ2v) is 7.14. The highest BCUT2D eigenvalue weighted by atomic mass is 32.2. The highest BCUT2D eigenvalue weighted by Crippen LogP contribution is 2.16. The van der Waals surface area contributed by atoms with Crippen molar-refractivity contribution in [3.05, 3.63) is 23.2 Å². The van der Waals surface area contributed by atoms with Crippen molar-refractivity contribution in [2.45, 2.75) is 32.4 Å².